The van der Waals surface area contributed by atoms with E-state index < -0.39 is 26.9 Å². The van der Waals surface area contributed by atoms with E-state index in [1.165, 1.54) is 6.92 Å². The number of hydrogen-bond donors (Lipinski definition) is 1. The Kier molecular flexibility index (Phi) is 3.52. The molecule has 5 nitrogen and oxygen atoms in total. The van der Waals surface area contributed by atoms with Crippen LogP contribution in [-0.2, 0) is 19.5 Å². The maximum absolute atomic E-state index is 12.2. The number of halogens is 3. The molecule has 1 heterocycles. The molecule has 102 valence electrons. The summed E-state index contributed by atoms with van der Waals surface area (Å²) in [5, 5.41) is 0. The zero-order valence-corrected chi connectivity index (χ0v) is 10.4. The molecule has 0 aromatic carbocycles. The average Bonchev–Trinajstić information content (AvgIpc) is 2.09. The van der Waals surface area contributed by atoms with Crippen molar-refractivity contribution in [3.8, 4) is 0 Å². The molecule has 0 amide bonds. The summed E-state index contributed by atoms with van der Waals surface area (Å²) in [6.07, 6.45) is 0. The van der Waals surface area contributed by atoms with Crippen LogP contribution in [0.5, 0.6) is 0 Å². The number of alkyl halides is 3. The molecular weight excluding hydrogens is 263 g/mol. The Morgan fingerprint density at radius 1 is 1.12 bits per heavy atom. The van der Waals surface area contributed by atoms with Gasteiger partial charge >= 0.3 is 15.5 Å². The van der Waals surface area contributed by atoms with Crippen molar-refractivity contribution in [1.82, 2.24) is 4.72 Å². The molecule has 1 fully saturated rings. The molecule has 0 aliphatic carbocycles. The van der Waals surface area contributed by atoms with Crippen LogP contribution < -0.4 is 4.72 Å². The predicted molar refractivity (Wildman–Crippen MR) is 52.5 cm³/mol. The van der Waals surface area contributed by atoms with Crippen LogP contribution in [0.25, 0.3) is 0 Å². The van der Waals surface area contributed by atoms with Crippen molar-refractivity contribution in [3.63, 3.8) is 0 Å². The second-order valence-electron chi connectivity index (χ2n) is 4.59. The molecule has 0 radical (unpaired) electrons. The van der Waals surface area contributed by atoms with Gasteiger partial charge in [-0.15, -0.1) is 0 Å². The molecular formula is C8H14F3NO4S. The molecule has 0 aromatic rings. The second kappa shape index (κ2) is 4.08. The van der Waals surface area contributed by atoms with Crippen LogP contribution in [0, 0.1) is 0 Å². The largest absolute Gasteiger partial charge is 0.511 e. The molecule has 1 aliphatic rings. The molecule has 0 saturated carbocycles. The van der Waals surface area contributed by atoms with Gasteiger partial charge in [0.15, 0.2) is 5.79 Å². The van der Waals surface area contributed by atoms with Crippen molar-refractivity contribution in [2.45, 2.75) is 37.6 Å². The molecule has 0 unspecified atom stereocenters. The predicted octanol–water partition coefficient (Wildman–Crippen LogP) is 0.967. The summed E-state index contributed by atoms with van der Waals surface area (Å²) in [7, 11) is -5.40. The van der Waals surface area contributed by atoms with Crippen molar-refractivity contribution >= 4 is 10.0 Å². The third-order valence-corrected chi connectivity index (χ3v) is 3.53. The highest BCUT2D eigenvalue weighted by atomic mass is 32.2. The van der Waals surface area contributed by atoms with E-state index in [-0.39, 0.29) is 13.2 Å². The summed E-state index contributed by atoms with van der Waals surface area (Å²) in [5.74, 6) is -0.927. The molecule has 9 heteroatoms. The minimum atomic E-state index is -5.40. The lowest BCUT2D eigenvalue weighted by molar-refractivity contribution is -0.266. The Labute approximate surface area is 97.3 Å². The average molecular weight is 277 g/mol. The molecule has 17 heavy (non-hydrogen) atoms. The molecule has 0 spiro atoms. The lowest BCUT2D eigenvalue weighted by atomic mass is 10.1. The van der Waals surface area contributed by atoms with Gasteiger partial charge in [0.25, 0.3) is 0 Å². The number of hydrogen-bond acceptors (Lipinski definition) is 4. The fourth-order valence-corrected chi connectivity index (χ4v) is 2.07. The monoisotopic (exact) mass is 277 g/mol. The Balaban J connectivity index is 2.77. The highest BCUT2D eigenvalue weighted by Crippen LogP contribution is 2.28. The van der Waals surface area contributed by atoms with E-state index in [4.69, 9.17) is 9.47 Å². The van der Waals surface area contributed by atoms with Gasteiger partial charge in [0.05, 0.1) is 18.8 Å². The maximum Gasteiger partial charge on any atom is 0.511 e. The summed E-state index contributed by atoms with van der Waals surface area (Å²) in [4.78, 5) is 0. The smallest absolute Gasteiger partial charge is 0.348 e. The SMILES string of the molecule is CC1(NS(=O)(=O)C(F)(F)F)COC(C)(C)OC1. The van der Waals surface area contributed by atoms with Gasteiger partial charge in [-0.05, 0) is 20.8 Å². The van der Waals surface area contributed by atoms with E-state index in [1.54, 1.807) is 18.6 Å². The minimum Gasteiger partial charge on any atom is -0.348 e. The zero-order valence-electron chi connectivity index (χ0n) is 9.59. The van der Waals surface area contributed by atoms with E-state index in [9.17, 15) is 21.6 Å². The normalized spacial score (nSPS) is 24.6. The van der Waals surface area contributed by atoms with E-state index in [2.05, 4.69) is 0 Å². The lowest BCUT2D eigenvalue weighted by Crippen LogP contribution is -2.60. The second-order valence-corrected chi connectivity index (χ2v) is 6.26. The van der Waals surface area contributed by atoms with Crippen LogP contribution in [-0.4, -0.2) is 38.5 Å². The van der Waals surface area contributed by atoms with Gasteiger partial charge in [-0.1, -0.05) is 0 Å². The summed E-state index contributed by atoms with van der Waals surface area (Å²) >= 11 is 0. The van der Waals surface area contributed by atoms with Crippen molar-refractivity contribution in [3.05, 3.63) is 0 Å². The van der Waals surface area contributed by atoms with E-state index >= 15 is 0 Å². The lowest BCUT2D eigenvalue weighted by Gasteiger charge is -2.41. The molecule has 0 bridgehead atoms. The third-order valence-electron chi connectivity index (χ3n) is 2.16. The third kappa shape index (κ3) is 3.54. The van der Waals surface area contributed by atoms with E-state index in [0.717, 1.165) is 0 Å². The van der Waals surface area contributed by atoms with E-state index in [0.29, 0.717) is 0 Å². The van der Waals surface area contributed by atoms with Crippen molar-refractivity contribution < 1.29 is 31.1 Å². The van der Waals surface area contributed by atoms with Crippen molar-refractivity contribution in [2.24, 2.45) is 0 Å². The summed E-state index contributed by atoms with van der Waals surface area (Å²) < 4.78 is 70.2. The van der Waals surface area contributed by atoms with Gasteiger partial charge in [0.2, 0.25) is 0 Å². The van der Waals surface area contributed by atoms with E-state index in [1.807, 2.05) is 0 Å². The minimum absolute atomic E-state index is 0.199. The van der Waals surface area contributed by atoms with Gasteiger partial charge < -0.3 is 9.47 Å². The van der Waals surface area contributed by atoms with Crippen molar-refractivity contribution in [2.75, 3.05) is 13.2 Å². The van der Waals surface area contributed by atoms with Gasteiger partial charge in [-0.3, -0.25) is 0 Å². The van der Waals surface area contributed by atoms with Gasteiger partial charge in [-0.25, -0.2) is 8.42 Å². The van der Waals surface area contributed by atoms with Gasteiger partial charge in [0, 0.05) is 0 Å². The van der Waals surface area contributed by atoms with Crippen LogP contribution in [0.2, 0.25) is 0 Å². The number of rotatable bonds is 2. The van der Waals surface area contributed by atoms with Crippen LogP contribution in [0.4, 0.5) is 13.2 Å². The fourth-order valence-electron chi connectivity index (χ4n) is 1.19. The van der Waals surface area contributed by atoms with Crippen LogP contribution >= 0.6 is 0 Å². The topological polar surface area (TPSA) is 64.6 Å². The standard InChI is InChI=1S/C8H14F3NO4S/c1-6(2)15-4-7(3,5-16-6)12-17(13,14)8(9,10)11/h12H,4-5H2,1-3H3. The van der Waals surface area contributed by atoms with Crippen LogP contribution in [0.3, 0.4) is 0 Å². The molecule has 0 atom stereocenters. The van der Waals surface area contributed by atoms with Gasteiger partial charge in [0.1, 0.15) is 0 Å². The summed E-state index contributed by atoms with van der Waals surface area (Å²) in [5.41, 5.74) is -6.77. The number of nitrogens with one attached hydrogen (secondary N) is 1. The van der Waals surface area contributed by atoms with Crippen LogP contribution in [0.15, 0.2) is 0 Å². The Morgan fingerprint density at radius 3 is 1.88 bits per heavy atom. The first-order valence-corrected chi connectivity index (χ1v) is 6.23. The summed E-state index contributed by atoms with van der Waals surface area (Å²) in [6.45, 7) is 4.06. The zero-order chi connectivity index (χ0) is 13.5. The summed E-state index contributed by atoms with van der Waals surface area (Å²) in [6, 6.07) is 0. The van der Waals surface area contributed by atoms with Gasteiger partial charge in [-0.2, -0.15) is 17.9 Å². The fraction of sp³-hybridized carbons (Fsp3) is 1.00. The Morgan fingerprint density at radius 2 is 1.53 bits per heavy atom. The first kappa shape index (κ1) is 14.7. The highest BCUT2D eigenvalue weighted by molar-refractivity contribution is 7.90. The molecule has 1 aliphatic heterocycles. The van der Waals surface area contributed by atoms with Crippen molar-refractivity contribution in [1.29, 1.82) is 0 Å². The van der Waals surface area contributed by atoms with Crippen LogP contribution in [0.1, 0.15) is 20.8 Å². The first-order valence-electron chi connectivity index (χ1n) is 4.75. The molecule has 1 saturated heterocycles. The molecule has 1 N–H and O–H groups in total. The molecule has 1 rings (SSSR count). The first-order chi connectivity index (χ1) is 7.37. The Hall–Kier alpha value is -0.380. The maximum atomic E-state index is 12.2. The quantitative estimate of drug-likeness (QED) is 0.816. The number of ether oxygens (including phenoxy) is 2. The highest BCUT2D eigenvalue weighted by Gasteiger charge is 2.50. The number of sulfonamides is 1. The Bertz CT molecular complexity index is 380. The molecule has 0 aromatic heterocycles.